The molecule has 0 amide bonds. The number of benzene rings is 2. The van der Waals surface area contributed by atoms with Gasteiger partial charge in [-0.3, -0.25) is 0 Å². The maximum absolute atomic E-state index is 13.8. The molecule has 3 aromatic rings. The van der Waals surface area contributed by atoms with Crippen LogP contribution in [-0.2, 0) is 22.2 Å². The summed E-state index contributed by atoms with van der Waals surface area (Å²) in [6, 6.07) is 5.83. The summed E-state index contributed by atoms with van der Waals surface area (Å²) in [6.07, 6.45) is -4.65. The van der Waals surface area contributed by atoms with Crippen molar-refractivity contribution in [2.24, 2.45) is 5.41 Å². The third-order valence-electron chi connectivity index (χ3n) is 5.64. The summed E-state index contributed by atoms with van der Waals surface area (Å²) in [5, 5.41) is 3.58. The predicted molar refractivity (Wildman–Crippen MR) is 120 cm³/mol. The zero-order valence-corrected chi connectivity index (χ0v) is 19.5. The predicted octanol–water partition coefficient (Wildman–Crippen LogP) is 4.76. The number of anilines is 1. The van der Waals surface area contributed by atoms with Gasteiger partial charge in [0.15, 0.2) is 11.5 Å². The summed E-state index contributed by atoms with van der Waals surface area (Å²) < 4.78 is 75.2. The standard InChI is InChI=1S/C24H25F4N3O4/c1-14-30-19-8-20(33-3)21(35-13-23(10-32-2)11-34-12-23)7-18(19)22(31-14)29-9-15-4-16(24(26,27)28)6-17(25)5-15/h4-8H,9-13H2,1-3H3,(H,29,30,31). The number of halogens is 4. The summed E-state index contributed by atoms with van der Waals surface area (Å²) in [5.41, 5.74) is -0.632. The van der Waals surface area contributed by atoms with Gasteiger partial charge in [0.25, 0.3) is 0 Å². The second kappa shape index (κ2) is 9.82. The van der Waals surface area contributed by atoms with Crippen LogP contribution in [0.15, 0.2) is 30.3 Å². The molecule has 0 bridgehead atoms. The Morgan fingerprint density at radius 3 is 2.43 bits per heavy atom. The van der Waals surface area contributed by atoms with Crippen molar-refractivity contribution < 1.29 is 36.5 Å². The average Bonchev–Trinajstić information content (AvgIpc) is 2.77. The van der Waals surface area contributed by atoms with Gasteiger partial charge in [0.2, 0.25) is 0 Å². The van der Waals surface area contributed by atoms with Crippen LogP contribution in [0.5, 0.6) is 11.5 Å². The van der Waals surface area contributed by atoms with Crippen molar-refractivity contribution in [3.8, 4) is 11.5 Å². The number of aryl methyl sites for hydroxylation is 1. The van der Waals surface area contributed by atoms with Crippen LogP contribution in [-0.4, -0.2) is 50.6 Å². The second-order valence-electron chi connectivity index (χ2n) is 8.55. The largest absolute Gasteiger partial charge is 0.493 e. The Hall–Kier alpha value is -3.18. The summed E-state index contributed by atoms with van der Waals surface area (Å²) in [4.78, 5) is 8.83. The normalized spacial score (nSPS) is 15.1. The van der Waals surface area contributed by atoms with E-state index >= 15 is 0 Å². The van der Waals surface area contributed by atoms with Gasteiger partial charge in [-0.1, -0.05) is 0 Å². The van der Waals surface area contributed by atoms with E-state index in [1.165, 1.54) is 7.11 Å². The van der Waals surface area contributed by atoms with Gasteiger partial charge in [0.05, 0.1) is 43.4 Å². The first-order valence-corrected chi connectivity index (χ1v) is 10.8. The van der Waals surface area contributed by atoms with Gasteiger partial charge in [-0.2, -0.15) is 13.2 Å². The van der Waals surface area contributed by atoms with E-state index < -0.39 is 17.6 Å². The van der Waals surface area contributed by atoms with Gasteiger partial charge in [-0.25, -0.2) is 14.4 Å². The van der Waals surface area contributed by atoms with E-state index in [4.69, 9.17) is 18.9 Å². The number of hydrogen-bond donors (Lipinski definition) is 1. The maximum atomic E-state index is 13.8. The Balaban J connectivity index is 1.63. The van der Waals surface area contributed by atoms with Crippen LogP contribution in [0.25, 0.3) is 10.9 Å². The van der Waals surface area contributed by atoms with E-state index in [1.54, 1.807) is 26.2 Å². The quantitative estimate of drug-likeness (QED) is 0.429. The molecule has 35 heavy (non-hydrogen) atoms. The molecule has 1 N–H and O–H groups in total. The summed E-state index contributed by atoms with van der Waals surface area (Å²) >= 11 is 0. The number of nitrogens with one attached hydrogen (secondary N) is 1. The Morgan fingerprint density at radius 2 is 1.80 bits per heavy atom. The third kappa shape index (κ3) is 5.57. The monoisotopic (exact) mass is 495 g/mol. The number of alkyl halides is 3. The topological polar surface area (TPSA) is 74.7 Å². The van der Waals surface area contributed by atoms with E-state index in [1.807, 2.05) is 0 Å². The molecule has 1 saturated heterocycles. The molecule has 188 valence electrons. The van der Waals surface area contributed by atoms with Crippen LogP contribution in [0, 0.1) is 18.2 Å². The minimum Gasteiger partial charge on any atom is -0.493 e. The van der Waals surface area contributed by atoms with Crippen molar-refractivity contribution in [1.29, 1.82) is 0 Å². The molecule has 2 heterocycles. The molecular formula is C24H25F4N3O4. The number of rotatable bonds is 9. The van der Waals surface area contributed by atoms with Crippen molar-refractivity contribution >= 4 is 16.7 Å². The third-order valence-corrected chi connectivity index (χ3v) is 5.64. The molecule has 1 aliphatic rings. The molecule has 0 radical (unpaired) electrons. The summed E-state index contributed by atoms with van der Waals surface area (Å²) in [7, 11) is 3.13. The number of methoxy groups -OCH3 is 2. The Labute approximate surface area is 199 Å². The fourth-order valence-electron chi connectivity index (χ4n) is 3.90. The fraction of sp³-hybridized carbons (Fsp3) is 0.417. The zero-order valence-electron chi connectivity index (χ0n) is 19.5. The molecule has 0 atom stereocenters. The number of hydrogen-bond acceptors (Lipinski definition) is 7. The lowest BCUT2D eigenvalue weighted by molar-refractivity contribution is -0.159. The van der Waals surface area contributed by atoms with E-state index in [9.17, 15) is 17.6 Å². The lowest BCUT2D eigenvalue weighted by Gasteiger charge is -2.40. The fourth-order valence-corrected chi connectivity index (χ4v) is 3.90. The highest BCUT2D eigenvalue weighted by Gasteiger charge is 2.40. The molecule has 4 rings (SSSR count). The van der Waals surface area contributed by atoms with Crippen molar-refractivity contribution in [3.63, 3.8) is 0 Å². The SMILES string of the molecule is COCC1(COc2cc3c(NCc4cc(F)cc(C(F)(F)F)c4)nc(C)nc3cc2OC)COC1. The first-order chi connectivity index (χ1) is 16.6. The van der Waals surface area contributed by atoms with E-state index in [-0.39, 0.29) is 17.5 Å². The number of aromatic nitrogens is 2. The summed E-state index contributed by atoms with van der Waals surface area (Å²) in [6.45, 7) is 3.45. The van der Waals surface area contributed by atoms with Gasteiger partial charge in [-0.15, -0.1) is 0 Å². The Kier molecular flexibility index (Phi) is 7.00. The first-order valence-electron chi connectivity index (χ1n) is 10.8. The molecule has 0 saturated carbocycles. The van der Waals surface area contributed by atoms with Gasteiger partial charge in [0, 0.05) is 25.1 Å². The molecule has 1 aliphatic heterocycles. The Bertz CT molecular complexity index is 1220. The summed E-state index contributed by atoms with van der Waals surface area (Å²) in [5.74, 6) is 0.760. The molecule has 2 aromatic carbocycles. The molecule has 0 spiro atoms. The first kappa shape index (κ1) is 24.9. The highest BCUT2D eigenvalue weighted by Crippen LogP contribution is 2.37. The van der Waals surface area contributed by atoms with E-state index in [2.05, 4.69) is 15.3 Å². The number of fused-ring (bicyclic) bond motifs is 1. The second-order valence-corrected chi connectivity index (χ2v) is 8.55. The van der Waals surface area contributed by atoms with E-state index in [0.717, 1.165) is 12.1 Å². The van der Waals surface area contributed by atoms with Crippen LogP contribution in [0.1, 0.15) is 17.0 Å². The van der Waals surface area contributed by atoms with Crippen molar-refractivity contribution in [1.82, 2.24) is 9.97 Å². The number of nitrogens with zero attached hydrogens (tertiary/aromatic N) is 2. The molecule has 0 unspecified atom stereocenters. The van der Waals surface area contributed by atoms with Crippen LogP contribution in [0.2, 0.25) is 0 Å². The lowest BCUT2D eigenvalue weighted by atomic mass is 9.88. The van der Waals surface area contributed by atoms with Gasteiger partial charge < -0.3 is 24.3 Å². The highest BCUT2D eigenvalue weighted by molar-refractivity contribution is 5.91. The minimum atomic E-state index is -4.65. The van der Waals surface area contributed by atoms with Crippen molar-refractivity contribution in [2.75, 3.05) is 46.0 Å². The smallest absolute Gasteiger partial charge is 0.416 e. The molecular weight excluding hydrogens is 470 g/mol. The molecule has 7 nitrogen and oxygen atoms in total. The van der Waals surface area contributed by atoms with E-state index in [0.29, 0.717) is 66.5 Å². The maximum Gasteiger partial charge on any atom is 0.416 e. The van der Waals surface area contributed by atoms with Crippen molar-refractivity contribution in [2.45, 2.75) is 19.6 Å². The number of ether oxygens (including phenoxy) is 4. The van der Waals surface area contributed by atoms with Crippen LogP contribution >= 0.6 is 0 Å². The van der Waals surface area contributed by atoms with Crippen LogP contribution in [0.4, 0.5) is 23.4 Å². The Morgan fingerprint density at radius 1 is 1.03 bits per heavy atom. The molecule has 1 aromatic heterocycles. The van der Waals surface area contributed by atoms with Gasteiger partial charge in [0.1, 0.15) is 24.1 Å². The van der Waals surface area contributed by atoms with Crippen molar-refractivity contribution in [3.05, 3.63) is 53.1 Å². The zero-order chi connectivity index (χ0) is 25.2. The average molecular weight is 495 g/mol. The van der Waals surface area contributed by atoms with Gasteiger partial charge in [-0.05, 0) is 36.8 Å². The van der Waals surface area contributed by atoms with Crippen LogP contribution in [0.3, 0.4) is 0 Å². The lowest BCUT2D eigenvalue weighted by Crippen LogP contribution is -2.50. The molecule has 0 aliphatic carbocycles. The molecule has 11 heteroatoms. The highest BCUT2D eigenvalue weighted by atomic mass is 19.4. The molecule has 1 fully saturated rings. The van der Waals surface area contributed by atoms with Crippen LogP contribution < -0.4 is 14.8 Å². The van der Waals surface area contributed by atoms with Gasteiger partial charge >= 0.3 is 6.18 Å². The minimum absolute atomic E-state index is 0.0805.